The van der Waals surface area contributed by atoms with Crippen molar-refractivity contribution in [3.05, 3.63) is 40.7 Å². The van der Waals surface area contributed by atoms with E-state index in [-0.39, 0.29) is 0 Å². The number of thiophene rings is 1. The van der Waals surface area contributed by atoms with Crippen molar-refractivity contribution in [3.8, 4) is 0 Å². The molecule has 0 fully saturated rings. The molecule has 0 bridgehead atoms. The van der Waals surface area contributed by atoms with Gasteiger partial charge < -0.3 is 10.2 Å². The van der Waals surface area contributed by atoms with Gasteiger partial charge in [-0.05, 0) is 41.4 Å². The van der Waals surface area contributed by atoms with Crippen LogP contribution in [0.4, 0.5) is 11.5 Å². The highest BCUT2D eigenvalue weighted by molar-refractivity contribution is 7.07. The second-order valence-corrected chi connectivity index (χ2v) is 4.97. The lowest BCUT2D eigenvalue weighted by Gasteiger charge is -2.20. The van der Waals surface area contributed by atoms with E-state index in [1.807, 2.05) is 31.3 Å². The minimum atomic E-state index is 0.296. The quantitative estimate of drug-likeness (QED) is 0.897. The van der Waals surface area contributed by atoms with Gasteiger partial charge >= 0.3 is 0 Å². The second-order valence-electron chi connectivity index (χ2n) is 4.19. The van der Waals surface area contributed by atoms with Crippen LogP contribution in [0.1, 0.15) is 18.5 Å². The lowest BCUT2D eigenvalue weighted by Crippen LogP contribution is -2.15. The standard InChI is InChI=1S/C13H17N3S/c1-10(11-6-8-17-9-11)15-12-5-4-7-14-13(12)16(2)3/h4-10,15H,1-3H3. The van der Waals surface area contributed by atoms with Gasteiger partial charge in [-0.15, -0.1) is 0 Å². The van der Waals surface area contributed by atoms with Crippen molar-refractivity contribution in [1.82, 2.24) is 4.98 Å². The molecule has 0 amide bonds. The Kier molecular flexibility index (Phi) is 3.64. The highest BCUT2D eigenvalue weighted by Gasteiger charge is 2.10. The molecule has 2 rings (SSSR count). The summed E-state index contributed by atoms with van der Waals surface area (Å²) in [6.45, 7) is 2.16. The highest BCUT2D eigenvalue weighted by atomic mass is 32.1. The zero-order valence-electron chi connectivity index (χ0n) is 10.3. The van der Waals surface area contributed by atoms with Gasteiger partial charge in [0.25, 0.3) is 0 Å². The fourth-order valence-corrected chi connectivity index (χ4v) is 2.46. The first-order valence-corrected chi connectivity index (χ1v) is 6.53. The SMILES string of the molecule is CC(Nc1cccnc1N(C)C)c1ccsc1. The summed E-state index contributed by atoms with van der Waals surface area (Å²) in [6, 6.07) is 6.46. The molecule has 0 aliphatic rings. The summed E-state index contributed by atoms with van der Waals surface area (Å²) < 4.78 is 0. The Balaban J connectivity index is 2.18. The van der Waals surface area contributed by atoms with E-state index in [9.17, 15) is 0 Å². The number of aromatic nitrogens is 1. The van der Waals surface area contributed by atoms with Gasteiger partial charge in [-0.2, -0.15) is 11.3 Å². The minimum Gasteiger partial charge on any atom is -0.376 e. The maximum atomic E-state index is 4.38. The largest absolute Gasteiger partial charge is 0.376 e. The lowest BCUT2D eigenvalue weighted by molar-refractivity contribution is 0.885. The van der Waals surface area contributed by atoms with Crippen molar-refractivity contribution in [2.45, 2.75) is 13.0 Å². The zero-order chi connectivity index (χ0) is 12.3. The van der Waals surface area contributed by atoms with E-state index in [0.29, 0.717) is 6.04 Å². The third-order valence-electron chi connectivity index (χ3n) is 2.63. The average Bonchev–Trinajstić information content (AvgIpc) is 2.83. The Morgan fingerprint density at radius 2 is 2.18 bits per heavy atom. The molecule has 1 atom stereocenters. The number of anilines is 2. The van der Waals surface area contributed by atoms with Crippen LogP contribution in [-0.2, 0) is 0 Å². The first-order chi connectivity index (χ1) is 8.18. The number of hydrogen-bond donors (Lipinski definition) is 1. The van der Waals surface area contributed by atoms with Crippen molar-refractivity contribution >= 4 is 22.8 Å². The van der Waals surface area contributed by atoms with E-state index in [4.69, 9.17) is 0 Å². The van der Waals surface area contributed by atoms with Gasteiger partial charge in [0, 0.05) is 26.3 Å². The molecule has 0 saturated heterocycles. The number of rotatable bonds is 4. The van der Waals surface area contributed by atoms with E-state index in [1.54, 1.807) is 11.3 Å². The van der Waals surface area contributed by atoms with E-state index in [0.717, 1.165) is 11.5 Å². The van der Waals surface area contributed by atoms with Crippen LogP contribution < -0.4 is 10.2 Å². The summed E-state index contributed by atoms with van der Waals surface area (Å²) in [7, 11) is 4.01. The maximum absolute atomic E-state index is 4.38. The number of nitrogens with zero attached hydrogens (tertiary/aromatic N) is 2. The summed E-state index contributed by atoms with van der Waals surface area (Å²) in [4.78, 5) is 6.40. The number of hydrogen-bond acceptors (Lipinski definition) is 4. The van der Waals surface area contributed by atoms with E-state index >= 15 is 0 Å². The van der Waals surface area contributed by atoms with Crippen LogP contribution in [0, 0.1) is 0 Å². The summed E-state index contributed by atoms with van der Waals surface area (Å²) in [5.74, 6) is 0.967. The van der Waals surface area contributed by atoms with E-state index in [2.05, 4.69) is 40.1 Å². The third kappa shape index (κ3) is 2.77. The van der Waals surface area contributed by atoms with Crippen molar-refractivity contribution in [3.63, 3.8) is 0 Å². The third-order valence-corrected chi connectivity index (χ3v) is 3.33. The molecule has 17 heavy (non-hydrogen) atoms. The molecule has 0 saturated carbocycles. The van der Waals surface area contributed by atoms with Crippen molar-refractivity contribution < 1.29 is 0 Å². The molecule has 1 unspecified atom stereocenters. The molecule has 0 aliphatic heterocycles. The average molecular weight is 247 g/mol. The van der Waals surface area contributed by atoms with Crippen LogP contribution in [0.15, 0.2) is 35.2 Å². The van der Waals surface area contributed by atoms with Gasteiger partial charge in [0.2, 0.25) is 0 Å². The summed E-state index contributed by atoms with van der Waals surface area (Å²) in [5, 5.41) is 7.77. The molecular weight excluding hydrogens is 230 g/mol. The predicted octanol–water partition coefficient (Wildman–Crippen LogP) is 3.38. The van der Waals surface area contributed by atoms with Crippen LogP contribution in [0.25, 0.3) is 0 Å². The Morgan fingerprint density at radius 3 is 2.82 bits per heavy atom. The molecule has 3 nitrogen and oxygen atoms in total. The van der Waals surface area contributed by atoms with E-state index < -0.39 is 0 Å². The van der Waals surface area contributed by atoms with Gasteiger partial charge in [-0.3, -0.25) is 0 Å². The molecule has 0 spiro atoms. The molecule has 90 valence electrons. The summed E-state index contributed by atoms with van der Waals surface area (Å²) >= 11 is 1.72. The molecule has 0 radical (unpaired) electrons. The topological polar surface area (TPSA) is 28.2 Å². The first kappa shape index (κ1) is 11.9. The van der Waals surface area contributed by atoms with Crippen LogP contribution in [0.5, 0.6) is 0 Å². The fraction of sp³-hybridized carbons (Fsp3) is 0.308. The number of nitrogens with one attached hydrogen (secondary N) is 1. The monoisotopic (exact) mass is 247 g/mol. The van der Waals surface area contributed by atoms with E-state index in [1.165, 1.54) is 5.56 Å². The highest BCUT2D eigenvalue weighted by Crippen LogP contribution is 2.26. The first-order valence-electron chi connectivity index (χ1n) is 5.59. The van der Waals surface area contributed by atoms with Crippen LogP contribution in [-0.4, -0.2) is 19.1 Å². The summed E-state index contributed by atoms with van der Waals surface area (Å²) in [5.41, 5.74) is 2.37. The Morgan fingerprint density at radius 1 is 1.35 bits per heavy atom. The number of pyridine rings is 1. The van der Waals surface area contributed by atoms with Gasteiger partial charge in [-0.1, -0.05) is 0 Å². The molecule has 0 aliphatic carbocycles. The molecular formula is C13H17N3S. The molecule has 2 aromatic rings. The normalized spacial score (nSPS) is 12.2. The molecule has 0 aromatic carbocycles. The Bertz CT molecular complexity index is 465. The molecule has 1 N–H and O–H groups in total. The molecule has 2 heterocycles. The minimum absolute atomic E-state index is 0.296. The fourth-order valence-electron chi connectivity index (χ4n) is 1.70. The smallest absolute Gasteiger partial charge is 0.151 e. The molecule has 2 aromatic heterocycles. The maximum Gasteiger partial charge on any atom is 0.151 e. The van der Waals surface area contributed by atoms with Crippen molar-refractivity contribution in [2.24, 2.45) is 0 Å². The molecule has 4 heteroatoms. The van der Waals surface area contributed by atoms with Gasteiger partial charge in [-0.25, -0.2) is 4.98 Å². The Hall–Kier alpha value is -1.55. The second kappa shape index (κ2) is 5.19. The van der Waals surface area contributed by atoms with Crippen LogP contribution in [0.2, 0.25) is 0 Å². The summed E-state index contributed by atoms with van der Waals surface area (Å²) in [6.07, 6.45) is 1.82. The predicted molar refractivity (Wildman–Crippen MR) is 74.9 cm³/mol. The lowest BCUT2D eigenvalue weighted by atomic mass is 10.2. The van der Waals surface area contributed by atoms with Crippen LogP contribution in [0.3, 0.4) is 0 Å². The van der Waals surface area contributed by atoms with Gasteiger partial charge in [0.1, 0.15) is 0 Å². The van der Waals surface area contributed by atoms with Crippen molar-refractivity contribution in [1.29, 1.82) is 0 Å². The van der Waals surface area contributed by atoms with Crippen LogP contribution >= 0.6 is 11.3 Å². The zero-order valence-corrected chi connectivity index (χ0v) is 11.2. The Labute approximate surface area is 106 Å². The van der Waals surface area contributed by atoms with Gasteiger partial charge in [0.15, 0.2) is 5.82 Å². The van der Waals surface area contributed by atoms with Crippen molar-refractivity contribution in [2.75, 3.05) is 24.3 Å². The van der Waals surface area contributed by atoms with Gasteiger partial charge in [0.05, 0.1) is 5.69 Å².